The Morgan fingerprint density at radius 1 is 1.37 bits per heavy atom. The second-order valence-electron chi connectivity index (χ2n) is 6.39. The van der Waals surface area contributed by atoms with Crippen LogP contribution in [0.1, 0.15) is 47.0 Å². The van der Waals surface area contributed by atoms with Crippen molar-refractivity contribution in [2.45, 2.75) is 59.1 Å². The average Bonchev–Trinajstić information content (AvgIpc) is 2.62. The molecule has 1 aliphatic carbocycles. The number of hydrogen-bond donors (Lipinski definition) is 1. The maximum atomic E-state index is 6.27. The zero-order valence-corrected chi connectivity index (χ0v) is 13.1. The molecule has 0 radical (unpaired) electrons. The van der Waals surface area contributed by atoms with Gasteiger partial charge in [0.1, 0.15) is 5.75 Å². The van der Waals surface area contributed by atoms with Crippen LogP contribution in [0.25, 0.3) is 0 Å². The van der Waals surface area contributed by atoms with Gasteiger partial charge in [-0.3, -0.25) is 0 Å². The molecule has 19 heavy (non-hydrogen) atoms. The molecule has 0 aromatic heterocycles. The average molecular weight is 282 g/mol. The van der Waals surface area contributed by atoms with E-state index in [-0.39, 0.29) is 6.10 Å². The van der Waals surface area contributed by atoms with E-state index in [1.807, 2.05) is 26.0 Å². The third-order valence-electron chi connectivity index (χ3n) is 3.89. The highest BCUT2D eigenvalue weighted by Crippen LogP contribution is 2.39. The van der Waals surface area contributed by atoms with E-state index in [4.69, 9.17) is 16.3 Å². The van der Waals surface area contributed by atoms with Gasteiger partial charge in [-0.1, -0.05) is 31.9 Å². The lowest BCUT2D eigenvalue weighted by molar-refractivity contribution is 0.242. The van der Waals surface area contributed by atoms with Gasteiger partial charge < -0.3 is 10.1 Å². The van der Waals surface area contributed by atoms with Gasteiger partial charge in [-0.05, 0) is 50.3 Å². The van der Waals surface area contributed by atoms with Gasteiger partial charge in [0.2, 0.25) is 0 Å². The molecule has 1 saturated carbocycles. The quantitative estimate of drug-likeness (QED) is 0.827. The molecule has 1 aromatic carbocycles. The highest BCUT2D eigenvalue weighted by atomic mass is 35.5. The van der Waals surface area contributed by atoms with Gasteiger partial charge in [-0.25, -0.2) is 0 Å². The predicted octanol–water partition coefficient (Wildman–Crippen LogP) is 5.12. The van der Waals surface area contributed by atoms with Gasteiger partial charge in [0, 0.05) is 11.7 Å². The molecule has 1 atom stereocenters. The van der Waals surface area contributed by atoms with Crippen LogP contribution in [0.5, 0.6) is 5.75 Å². The van der Waals surface area contributed by atoms with Crippen molar-refractivity contribution in [1.82, 2.24) is 0 Å². The first-order chi connectivity index (χ1) is 8.88. The summed E-state index contributed by atoms with van der Waals surface area (Å²) in [6.07, 6.45) is 3.96. The molecule has 1 aromatic rings. The number of rotatable bonds is 4. The third-order valence-corrected chi connectivity index (χ3v) is 4.19. The van der Waals surface area contributed by atoms with E-state index >= 15 is 0 Å². The number of hydrogen-bond acceptors (Lipinski definition) is 2. The fraction of sp³-hybridized carbons (Fsp3) is 0.625. The van der Waals surface area contributed by atoms with Crippen molar-refractivity contribution in [3.63, 3.8) is 0 Å². The number of ether oxygens (including phenoxy) is 1. The number of halogens is 1. The first-order valence-electron chi connectivity index (χ1n) is 7.11. The van der Waals surface area contributed by atoms with Gasteiger partial charge in [-0.15, -0.1) is 0 Å². The molecule has 0 heterocycles. The summed E-state index contributed by atoms with van der Waals surface area (Å²) in [6, 6.07) is 6.50. The second kappa shape index (κ2) is 5.62. The minimum Gasteiger partial charge on any atom is -0.489 e. The first-order valence-corrected chi connectivity index (χ1v) is 7.49. The summed E-state index contributed by atoms with van der Waals surface area (Å²) in [5.74, 6) is 0.757. The normalized spacial score (nSPS) is 21.7. The molecule has 3 heteroatoms. The van der Waals surface area contributed by atoms with Crippen molar-refractivity contribution >= 4 is 17.3 Å². The lowest BCUT2D eigenvalue weighted by Gasteiger charge is -2.29. The van der Waals surface area contributed by atoms with Crippen LogP contribution in [-0.4, -0.2) is 12.1 Å². The van der Waals surface area contributed by atoms with Crippen LogP contribution in [0.3, 0.4) is 0 Å². The lowest BCUT2D eigenvalue weighted by Crippen LogP contribution is -2.30. The summed E-state index contributed by atoms with van der Waals surface area (Å²) in [4.78, 5) is 0. The largest absolute Gasteiger partial charge is 0.489 e. The summed E-state index contributed by atoms with van der Waals surface area (Å²) in [6.45, 7) is 8.66. The molecule has 1 fully saturated rings. The molecule has 0 bridgehead atoms. The zero-order chi connectivity index (χ0) is 14.0. The molecule has 1 aliphatic rings. The minimum absolute atomic E-state index is 0.144. The zero-order valence-electron chi connectivity index (χ0n) is 12.3. The van der Waals surface area contributed by atoms with Crippen molar-refractivity contribution in [1.29, 1.82) is 0 Å². The van der Waals surface area contributed by atoms with Gasteiger partial charge in [0.05, 0.1) is 11.1 Å². The first kappa shape index (κ1) is 14.5. The Hall–Kier alpha value is -0.890. The third kappa shape index (κ3) is 3.56. The van der Waals surface area contributed by atoms with Gasteiger partial charge >= 0.3 is 0 Å². The molecule has 1 unspecified atom stereocenters. The highest BCUT2D eigenvalue weighted by Gasteiger charge is 2.34. The Balaban J connectivity index is 2.08. The highest BCUT2D eigenvalue weighted by molar-refractivity contribution is 6.32. The number of benzene rings is 1. The maximum absolute atomic E-state index is 6.27. The van der Waals surface area contributed by atoms with Crippen LogP contribution in [0.4, 0.5) is 5.69 Å². The summed E-state index contributed by atoms with van der Waals surface area (Å²) in [7, 11) is 0. The van der Waals surface area contributed by atoms with E-state index in [1.54, 1.807) is 0 Å². The molecular formula is C16H24ClNO. The van der Waals surface area contributed by atoms with Crippen LogP contribution < -0.4 is 10.1 Å². The fourth-order valence-corrected chi connectivity index (χ4v) is 2.96. The van der Waals surface area contributed by atoms with Crippen LogP contribution in [0.2, 0.25) is 5.02 Å². The van der Waals surface area contributed by atoms with E-state index in [9.17, 15) is 0 Å². The summed E-state index contributed by atoms with van der Waals surface area (Å²) < 4.78 is 5.65. The molecule has 1 N–H and O–H groups in total. The van der Waals surface area contributed by atoms with E-state index in [0.29, 0.717) is 16.5 Å². The Morgan fingerprint density at radius 2 is 2.11 bits per heavy atom. The number of nitrogens with one attached hydrogen (secondary N) is 1. The lowest BCUT2D eigenvalue weighted by atomic mass is 9.87. The Bertz CT molecular complexity index is 442. The van der Waals surface area contributed by atoms with Crippen molar-refractivity contribution in [2.24, 2.45) is 5.41 Å². The molecule has 2 nitrogen and oxygen atoms in total. The second-order valence-corrected chi connectivity index (χ2v) is 6.80. The van der Waals surface area contributed by atoms with E-state index in [0.717, 1.165) is 11.4 Å². The van der Waals surface area contributed by atoms with E-state index in [1.165, 1.54) is 19.3 Å². The topological polar surface area (TPSA) is 21.3 Å². The molecule has 2 rings (SSSR count). The molecule has 0 aliphatic heterocycles. The van der Waals surface area contributed by atoms with Crippen molar-refractivity contribution in [3.8, 4) is 5.75 Å². The fourth-order valence-electron chi connectivity index (χ4n) is 2.74. The predicted molar refractivity (Wildman–Crippen MR) is 82.3 cm³/mol. The minimum atomic E-state index is 0.144. The van der Waals surface area contributed by atoms with Crippen molar-refractivity contribution in [2.75, 3.05) is 5.32 Å². The van der Waals surface area contributed by atoms with Crippen LogP contribution in [0.15, 0.2) is 18.2 Å². The molecular weight excluding hydrogens is 258 g/mol. The molecule has 0 spiro atoms. The van der Waals surface area contributed by atoms with Gasteiger partial charge in [0.25, 0.3) is 0 Å². The SMILES string of the molecule is CC(C)Oc1ccc(NC2CCCC2(C)C)cc1Cl. The van der Waals surface area contributed by atoms with E-state index in [2.05, 4.69) is 25.2 Å². The standard InChI is InChI=1S/C16H24ClNO/c1-11(2)19-14-8-7-12(10-13(14)17)18-15-6-5-9-16(15,3)4/h7-8,10-11,15,18H,5-6,9H2,1-4H3. The smallest absolute Gasteiger partial charge is 0.138 e. The number of anilines is 1. The van der Waals surface area contributed by atoms with E-state index < -0.39 is 0 Å². The monoisotopic (exact) mass is 281 g/mol. The summed E-state index contributed by atoms with van der Waals surface area (Å²) in [5, 5.41) is 4.29. The summed E-state index contributed by atoms with van der Waals surface area (Å²) in [5.41, 5.74) is 1.45. The Morgan fingerprint density at radius 3 is 2.63 bits per heavy atom. The van der Waals surface area contributed by atoms with Crippen LogP contribution in [-0.2, 0) is 0 Å². The van der Waals surface area contributed by atoms with Crippen LogP contribution in [0, 0.1) is 5.41 Å². The summed E-state index contributed by atoms with van der Waals surface area (Å²) >= 11 is 6.27. The van der Waals surface area contributed by atoms with Gasteiger partial charge in [0.15, 0.2) is 0 Å². The Kier molecular flexibility index (Phi) is 4.29. The van der Waals surface area contributed by atoms with Crippen molar-refractivity contribution in [3.05, 3.63) is 23.2 Å². The Labute approximate surface area is 121 Å². The van der Waals surface area contributed by atoms with Gasteiger partial charge in [-0.2, -0.15) is 0 Å². The van der Waals surface area contributed by atoms with Crippen LogP contribution >= 0.6 is 11.6 Å². The van der Waals surface area contributed by atoms with Crippen molar-refractivity contribution < 1.29 is 4.74 Å². The molecule has 0 saturated heterocycles. The molecule has 106 valence electrons. The maximum Gasteiger partial charge on any atom is 0.138 e. The molecule has 0 amide bonds.